The topological polar surface area (TPSA) is 82.1 Å². The van der Waals surface area contributed by atoms with E-state index in [0.29, 0.717) is 17.0 Å². The molecule has 0 aliphatic carbocycles. The summed E-state index contributed by atoms with van der Waals surface area (Å²) >= 11 is 0. The van der Waals surface area contributed by atoms with Crippen LogP contribution >= 0.6 is 0 Å². The van der Waals surface area contributed by atoms with E-state index in [4.69, 9.17) is 4.52 Å². The lowest BCUT2D eigenvalue weighted by molar-refractivity contribution is -0.384. The van der Waals surface area contributed by atoms with Crippen molar-refractivity contribution in [3.8, 4) is 22.6 Å². The second-order valence-electron chi connectivity index (χ2n) is 4.13. The monoisotopic (exact) mass is 267 g/mol. The summed E-state index contributed by atoms with van der Waals surface area (Å²) in [6.07, 6.45) is 3.33. The van der Waals surface area contributed by atoms with Gasteiger partial charge in [0.1, 0.15) is 5.69 Å². The molecule has 0 saturated heterocycles. The Hall–Kier alpha value is -3.02. The van der Waals surface area contributed by atoms with Gasteiger partial charge in [-0.25, -0.2) is 0 Å². The Morgan fingerprint density at radius 1 is 1.10 bits per heavy atom. The molecule has 98 valence electrons. The molecule has 0 fully saturated rings. The normalized spacial score (nSPS) is 10.4. The number of nitrogens with zero attached hydrogens (tertiary/aromatic N) is 3. The summed E-state index contributed by atoms with van der Waals surface area (Å²) in [4.78, 5) is 14.3. The number of aromatic nitrogens is 2. The Kier molecular flexibility index (Phi) is 2.96. The molecule has 20 heavy (non-hydrogen) atoms. The van der Waals surface area contributed by atoms with Crippen molar-refractivity contribution in [2.75, 3.05) is 0 Å². The van der Waals surface area contributed by atoms with Crippen molar-refractivity contribution in [3.63, 3.8) is 0 Å². The zero-order valence-corrected chi connectivity index (χ0v) is 10.3. The summed E-state index contributed by atoms with van der Waals surface area (Å²) in [5.41, 5.74) is 2.01. The standard InChI is InChI=1S/C14H9N3O3/c18-17(19)12-5-1-3-10(7-12)13-8-14(20-16-13)11-4-2-6-15-9-11/h1-9H. The van der Waals surface area contributed by atoms with Gasteiger partial charge in [0.15, 0.2) is 5.76 Å². The number of benzene rings is 1. The van der Waals surface area contributed by atoms with Gasteiger partial charge in [0, 0.05) is 41.7 Å². The fourth-order valence-electron chi connectivity index (χ4n) is 1.83. The lowest BCUT2D eigenvalue weighted by Gasteiger charge is -1.95. The molecule has 6 nitrogen and oxygen atoms in total. The predicted octanol–water partition coefficient (Wildman–Crippen LogP) is 3.31. The molecule has 3 aromatic rings. The maximum atomic E-state index is 10.8. The average molecular weight is 267 g/mol. The van der Waals surface area contributed by atoms with E-state index < -0.39 is 4.92 Å². The summed E-state index contributed by atoms with van der Waals surface area (Å²) in [5, 5.41) is 14.7. The van der Waals surface area contributed by atoms with Crippen LogP contribution in [0, 0.1) is 10.1 Å². The van der Waals surface area contributed by atoms with Gasteiger partial charge in [-0.3, -0.25) is 15.1 Å². The van der Waals surface area contributed by atoms with Gasteiger partial charge in [-0.2, -0.15) is 0 Å². The molecule has 0 unspecified atom stereocenters. The molecule has 2 heterocycles. The van der Waals surface area contributed by atoms with Crippen molar-refractivity contribution < 1.29 is 9.45 Å². The number of non-ortho nitro benzene ring substituents is 1. The Bertz CT molecular complexity index is 753. The Morgan fingerprint density at radius 2 is 1.95 bits per heavy atom. The first-order chi connectivity index (χ1) is 9.74. The summed E-state index contributed by atoms with van der Waals surface area (Å²) in [6, 6.07) is 11.6. The molecule has 0 N–H and O–H groups in total. The van der Waals surface area contributed by atoms with E-state index in [1.54, 1.807) is 36.7 Å². The minimum absolute atomic E-state index is 0.0217. The first-order valence-corrected chi connectivity index (χ1v) is 5.86. The van der Waals surface area contributed by atoms with E-state index in [1.807, 2.05) is 6.07 Å². The van der Waals surface area contributed by atoms with E-state index in [2.05, 4.69) is 10.1 Å². The van der Waals surface area contributed by atoms with Gasteiger partial charge in [-0.15, -0.1) is 0 Å². The summed E-state index contributed by atoms with van der Waals surface area (Å²) in [7, 11) is 0. The average Bonchev–Trinajstić information content (AvgIpc) is 2.98. The predicted molar refractivity (Wildman–Crippen MR) is 71.8 cm³/mol. The van der Waals surface area contributed by atoms with Crippen LogP contribution in [-0.2, 0) is 0 Å². The quantitative estimate of drug-likeness (QED) is 0.537. The molecule has 2 aromatic heterocycles. The molecule has 3 rings (SSSR count). The zero-order chi connectivity index (χ0) is 13.9. The Morgan fingerprint density at radius 3 is 2.70 bits per heavy atom. The van der Waals surface area contributed by atoms with Crippen LogP contribution in [0.15, 0.2) is 59.4 Å². The molecular formula is C14H9N3O3. The van der Waals surface area contributed by atoms with Gasteiger partial charge in [0.25, 0.3) is 5.69 Å². The third kappa shape index (κ3) is 2.26. The van der Waals surface area contributed by atoms with Gasteiger partial charge >= 0.3 is 0 Å². The van der Waals surface area contributed by atoms with Crippen LogP contribution in [0.5, 0.6) is 0 Å². The first kappa shape index (κ1) is 12.0. The number of pyridine rings is 1. The van der Waals surface area contributed by atoms with Crippen molar-refractivity contribution in [2.24, 2.45) is 0 Å². The molecule has 0 saturated carbocycles. The molecule has 6 heteroatoms. The maximum Gasteiger partial charge on any atom is 0.270 e. The maximum absolute atomic E-state index is 10.8. The highest BCUT2D eigenvalue weighted by Crippen LogP contribution is 2.27. The molecule has 0 radical (unpaired) electrons. The highest BCUT2D eigenvalue weighted by Gasteiger charge is 2.12. The highest BCUT2D eigenvalue weighted by molar-refractivity contribution is 5.67. The van der Waals surface area contributed by atoms with E-state index in [0.717, 1.165) is 5.56 Å². The molecular weight excluding hydrogens is 258 g/mol. The molecule has 0 aliphatic rings. The number of hydrogen-bond donors (Lipinski definition) is 0. The molecule has 0 bridgehead atoms. The van der Waals surface area contributed by atoms with Crippen LogP contribution in [0.3, 0.4) is 0 Å². The van der Waals surface area contributed by atoms with Crippen molar-refractivity contribution in [2.45, 2.75) is 0 Å². The van der Waals surface area contributed by atoms with E-state index in [1.165, 1.54) is 12.1 Å². The fourth-order valence-corrected chi connectivity index (χ4v) is 1.83. The van der Waals surface area contributed by atoms with Crippen LogP contribution in [0.1, 0.15) is 0 Å². The Labute approximate surface area is 113 Å². The smallest absolute Gasteiger partial charge is 0.270 e. The number of nitro groups is 1. The van der Waals surface area contributed by atoms with E-state index in [-0.39, 0.29) is 5.69 Å². The number of nitro benzene ring substituents is 1. The molecule has 0 amide bonds. The molecule has 0 atom stereocenters. The summed E-state index contributed by atoms with van der Waals surface area (Å²) in [6.45, 7) is 0. The van der Waals surface area contributed by atoms with E-state index in [9.17, 15) is 10.1 Å². The molecule has 0 spiro atoms. The second kappa shape index (κ2) is 4.93. The van der Waals surface area contributed by atoms with Gasteiger partial charge in [0.2, 0.25) is 0 Å². The van der Waals surface area contributed by atoms with Crippen LogP contribution < -0.4 is 0 Å². The Balaban J connectivity index is 1.98. The number of rotatable bonds is 3. The van der Waals surface area contributed by atoms with Gasteiger partial charge in [-0.05, 0) is 12.1 Å². The third-order valence-corrected chi connectivity index (χ3v) is 2.81. The highest BCUT2D eigenvalue weighted by atomic mass is 16.6. The van der Waals surface area contributed by atoms with Crippen molar-refractivity contribution in [1.82, 2.24) is 10.1 Å². The second-order valence-corrected chi connectivity index (χ2v) is 4.13. The SMILES string of the molecule is O=[N+]([O-])c1cccc(-c2cc(-c3cccnc3)on2)c1. The zero-order valence-electron chi connectivity index (χ0n) is 10.3. The first-order valence-electron chi connectivity index (χ1n) is 5.86. The lowest BCUT2D eigenvalue weighted by atomic mass is 10.1. The van der Waals surface area contributed by atoms with Crippen LogP contribution in [0.4, 0.5) is 5.69 Å². The van der Waals surface area contributed by atoms with Crippen molar-refractivity contribution in [3.05, 3.63) is 65.0 Å². The van der Waals surface area contributed by atoms with Crippen molar-refractivity contribution >= 4 is 5.69 Å². The lowest BCUT2D eigenvalue weighted by Crippen LogP contribution is -1.87. The summed E-state index contributed by atoms with van der Waals surface area (Å²) < 4.78 is 5.25. The van der Waals surface area contributed by atoms with Crippen LogP contribution in [0.2, 0.25) is 0 Å². The van der Waals surface area contributed by atoms with Gasteiger partial charge in [0.05, 0.1) is 4.92 Å². The van der Waals surface area contributed by atoms with Crippen LogP contribution in [-0.4, -0.2) is 15.1 Å². The third-order valence-electron chi connectivity index (χ3n) is 2.81. The minimum Gasteiger partial charge on any atom is -0.356 e. The summed E-state index contributed by atoms with van der Waals surface area (Å²) in [5.74, 6) is 0.569. The fraction of sp³-hybridized carbons (Fsp3) is 0. The minimum atomic E-state index is -0.439. The van der Waals surface area contributed by atoms with Gasteiger partial charge < -0.3 is 4.52 Å². The molecule has 0 aliphatic heterocycles. The van der Waals surface area contributed by atoms with E-state index >= 15 is 0 Å². The van der Waals surface area contributed by atoms with Crippen molar-refractivity contribution in [1.29, 1.82) is 0 Å². The van der Waals surface area contributed by atoms with Gasteiger partial charge in [-0.1, -0.05) is 17.3 Å². The molecule has 1 aromatic carbocycles. The largest absolute Gasteiger partial charge is 0.356 e. The number of hydrogen-bond acceptors (Lipinski definition) is 5. The van der Waals surface area contributed by atoms with Crippen LogP contribution in [0.25, 0.3) is 22.6 Å².